The number of aromatic nitrogens is 1. The number of imide groups is 1. The molecule has 2 aromatic carbocycles. The van der Waals surface area contributed by atoms with Crippen LogP contribution in [0.2, 0.25) is 10.0 Å². The van der Waals surface area contributed by atoms with Gasteiger partial charge in [-0.15, -0.1) is 0 Å². The molecule has 1 heterocycles. The van der Waals surface area contributed by atoms with Gasteiger partial charge in [-0.3, -0.25) is 19.8 Å². The summed E-state index contributed by atoms with van der Waals surface area (Å²) in [5.41, 5.74) is 2.14. The Morgan fingerprint density at radius 3 is 2.36 bits per heavy atom. The number of nitrogens with one attached hydrogen (secondary N) is 2. The summed E-state index contributed by atoms with van der Waals surface area (Å²) in [6.07, 6.45) is -3.27. The van der Waals surface area contributed by atoms with Crippen molar-refractivity contribution in [3.63, 3.8) is 0 Å². The Kier molecular flexibility index (Phi) is 8.33. The van der Waals surface area contributed by atoms with Crippen LogP contribution in [0.5, 0.6) is 0 Å². The highest BCUT2D eigenvalue weighted by Crippen LogP contribution is 2.29. The molecule has 3 rings (SSSR count). The maximum Gasteiger partial charge on any atom is 0.416 e. The van der Waals surface area contributed by atoms with Crippen LogP contribution in [-0.4, -0.2) is 36.1 Å². The van der Waals surface area contributed by atoms with Crippen molar-refractivity contribution < 1.29 is 27.6 Å². The van der Waals surface area contributed by atoms with E-state index in [9.17, 15) is 27.6 Å². The van der Waals surface area contributed by atoms with Gasteiger partial charge in [-0.2, -0.15) is 18.3 Å². The van der Waals surface area contributed by atoms with Gasteiger partial charge in [-0.1, -0.05) is 46.7 Å². The van der Waals surface area contributed by atoms with Gasteiger partial charge in [-0.05, 0) is 42.8 Å². The number of hydrogen-bond donors (Lipinski definition) is 2. The number of carbonyl (C=O) groups excluding carboxylic acids is 3. The van der Waals surface area contributed by atoms with Crippen LogP contribution >= 0.6 is 34.5 Å². The van der Waals surface area contributed by atoms with Crippen LogP contribution in [0.15, 0.2) is 47.6 Å². The van der Waals surface area contributed by atoms with Crippen LogP contribution in [0, 0.1) is 6.92 Å². The van der Waals surface area contributed by atoms with Gasteiger partial charge in [0.1, 0.15) is 4.88 Å². The minimum Gasteiger partial charge on any atom is -0.273 e. The van der Waals surface area contributed by atoms with Crippen molar-refractivity contribution in [2.24, 2.45) is 5.10 Å². The predicted octanol–water partition coefficient (Wildman–Crippen LogP) is 5.53. The first-order chi connectivity index (χ1) is 16.9. The van der Waals surface area contributed by atoms with Gasteiger partial charge in [0.15, 0.2) is 5.13 Å². The third-order valence-electron chi connectivity index (χ3n) is 4.60. The lowest BCUT2D eigenvalue weighted by molar-refractivity contribution is -0.137. The summed E-state index contributed by atoms with van der Waals surface area (Å²) < 4.78 is 37.9. The molecule has 2 N–H and O–H groups in total. The second kappa shape index (κ2) is 11.1. The van der Waals surface area contributed by atoms with Crippen molar-refractivity contribution in [1.29, 1.82) is 0 Å². The van der Waals surface area contributed by atoms with Crippen molar-refractivity contribution in [1.82, 2.24) is 15.7 Å². The molecule has 1 aromatic heterocycles. The fourth-order valence-corrected chi connectivity index (χ4v) is 4.13. The van der Waals surface area contributed by atoms with Gasteiger partial charge < -0.3 is 0 Å². The molecule has 0 saturated heterocycles. The Morgan fingerprint density at radius 2 is 1.75 bits per heavy atom. The Hall–Kier alpha value is -3.48. The molecule has 0 spiro atoms. The number of aryl methyl sites for hydroxylation is 1. The Balaban J connectivity index is 1.63. The first-order valence-electron chi connectivity index (χ1n) is 9.89. The van der Waals surface area contributed by atoms with E-state index in [-0.39, 0.29) is 20.6 Å². The maximum atomic E-state index is 12.6. The van der Waals surface area contributed by atoms with Crippen LogP contribution in [0.3, 0.4) is 0 Å². The summed E-state index contributed by atoms with van der Waals surface area (Å²) in [7, 11) is 1.36. The topological polar surface area (TPSA) is 104 Å². The van der Waals surface area contributed by atoms with E-state index >= 15 is 0 Å². The minimum atomic E-state index is -4.45. The number of anilines is 1. The normalized spacial score (nSPS) is 11.4. The van der Waals surface area contributed by atoms with Gasteiger partial charge in [0, 0.05) is 12.1 Å². The van der Waals surface area contributed by atoms with Crippen LogP contribution in [-0.2, 0) is 6.18 Å². The number of thiazole rings is 1. The third kappa shape index (κ3) is 6.59. The van der Waals surface area contributed by atoms with E-state index in [0.717, 1.165) is 28.4 Å². The smallest absolute Gasteiger partial charge is 0.273 e. The molecule has 0 atom stereocenters. The number of hydrazone groups is 1. The summed E-state index contributed by atoms with van der Waals surface area (Å²) in [4.78, 5) is 42.7. The predicted molar refractivity (Wildman–Crippen MR) is 131 cm³/mol. The van der Waals surface area contributed by atoms with Crippen molar-refractivity contribution in [3.05, 3.63) is 79.8 Å². The van der Waals surface area contributed by atoms with Crippen LogP contribution in [0.4, 0.5) is 23.1 Å². The lowest BCUT2D eigenvalue weighted by atomic mass is 10.1. The molecule has 0 aliphatic rings. The molecule has 0 radical (unpaired) electrons. The molecule has 188 valence electrons. The quantitative estimate of drug-likeness (QED) is 0.318. The lowest BCUT2D eigenvalue weighted by Crippen LogP contribution is -2.40. The van der Waals surface area contributed by atoms with E-state index in [4.69, 9.17) is 23.2 Å². The standard InChI is InChI=1S/C22H16Cl2F3N5O3S/c1-11-17(19(34)31-28-10-12-3-5-13(6-4-12)22(25,26)27)36-21(29-11)32(2)20(35)30-18(33)15-8-7-14(23)9-16(15)24/h3-10H,1-2H3,(H,31,34)(H,30,33,35)/b28-10+. The van der Waals surface area contributed by atoms with Crippen LogP contribution in [0.1, 0.15) is 36.9 Å². The number of amides is 4. The number of nitrogens with zero attached hydrogens (tertiary/aromatic N) is 3. The van der Waals surface area contributed by atoms with Crippen molar-refractivity contribution in [2.75, 3.05) is 11.9 Å². The number of hydrogen-bond acceptors (Lipinski definition) is 6. The van der Waals surface area contributed by atoms with E-state index in [1.54, 1.807) is 6.92 Å². The molecule has 0 unspecified atom stereocenters. The molecule has 0 aliphatic heterocycles. The van der Waals surface area contributed by atoms with Gasteiger partial charge >= 0.3 is 12.2 Å². The van der Waals surface area contributed by atoms with Gasteiger partial charge in [0.2, 0.25) is 0 Å². The zero-order chi connectivity index (χ0) is 26.6. The highest BCUT2D eigenvalue weighted by atomic mass is 35.5. The third-order valence-corrected chi connectivity index (χ3v) is 6.38. The zero-order valence-electron chi connectivity index (χ0n) is 18.5. The fourth-order valence-electron chi connectivity index (χ4n) is 2.72. The second-order valence-electron chi connectivity index (χ2n) is 7.17. The molecule has 3 aromatic rings. The monoisotopic (exact) mass is 557 g/mol. The first kappa shape index (κ1) is 27.1. The van der Waals surface area contributed by atoms with E-state index in [2.05, 4.69) is 20.8 Å². The highest BCUT2D eigenvalue weighted by Gasteiger charge is 2.29. The lowest BCUT2D eigenvalue weighted by Gasteiger charge is -2.14. The Bertz CT molecular complexity index is 1340. The highest BCUT2D eigenvalue weighted by molar-refractivity contribution is 7.17. The van der Waals surface area contributed by atoms with Crippen LogP contribution < -0.4 is 15.6 Å². The molecule has 0 fully saturated rings. The largest absolute Gasteiger partial charge is 0.416 e. The SMILES string of the molecule is Cc1nc(N(C)C(=O)NC(=O)c2ccc(Cl)cc2Cl)sc1C(=O)N/N=C/c1ccc(C(F)(F)F)cc1. The van der Waals surface area contributed by atoms with Gasteiger partial charge in [0.25, 0.3) is 11.8 Å². The summed E-state index contributed by atoms with van der Waals surface area (Å²) >= 11 is 12.7. The van der Waals surface area contributed by atoms with E-state index in [1.165, 1.54) is 43.6 Å². The number of carbonyl (C=O) groups is 3. The molecule has 0 saturated carbocycles. The van der Waals surface area contributed by atoms with Crippen molar-refractivity contribution >= 4 is 63.7 Å². The first-order valence-corrected chi connectivity index (χ1v) is 11.5. The summed E-state index contributed by atoms with van der Waals surface area (Å²) in [5, 5.41) is 6.43. The van der Waals surface area contributed by atoms with Crippen LogP contribution in [0.25, 0.3) is 0 Å². The average molecular weight is 558 g/mol. The van der Waals surface area contributed by atoms with Gasteiger partial charge in [-0.25, -0.2) is 15.2 Å². The zero-order valence-corrected chi connectivity index (χ0v) is 20.8. The van der Waals surface area contributed by atoms with E-state index < -0.39 is 29.6 Å². The van der Waals surface area contributed by atoms with Gasteiger partial charge in [0.05, 0.1) is 28.1 Å². The summed E-state index contributed by atoms with van der Waals surface area (Å²) in [6.45, 7) is 1.54. The molecule has 36 heavy (non-hydrogen) atoms. The number of alkyl halides is 3. The fraction of sp³-hybridized carbons (Fsp3) is 0.136. The molecule has 0 bridgehead atoms. The maximum absolute atomic E-state index is 12.6. The van der Waals surface area contributed by atoms with E-state index in [1.807, 2.05) is 0 Å². The number of urea groups is 1. The Morgan fingerprint density at radius 1 is 1.08 bits per heavy atom. The minimum absolute atomic E-state index is 0.0455. The summed E-state index contributed by atoms with van der Waals surface area (Å²) in [6, 6.07) is 7.58. The molecule has 8 nitrogen and oxygen atoms in total. The second-order valence-corrected chi connectivity index (χ2v) is 8.99. The molecule has 14 heteroatoms. The molecular formula is C22H16Cl2F3N5O3S. The van der Waals surface area contributed by atoms with Crippen molar-refractivity contribution in [3.8, 4) is 0 Å². The average Bonchev–Trinajstić information content (AvgIpc) is 3.19. The van der Waals surface area contributed by atoms with E-state index in [0.29, 0.717) is 16.3 Å². The molecular weight excluding hydrogens is 542 g/mol. The number of rotatable bonds is 5. The number of benzene rings is 2. The molecule has 0 aliphatic carbocycles. The number of halogens is 5. The summed E-state index contributed by atoms with van der Waals surface area (Å²) in [5.74, 6) is -1.39. The Labute approximate surface area is 216 Å². The molecule has 4 amide bonds. The van der Waals surface area contributed by atoms with Crippen molar-refractivity contribution in [2.45, 2.75) is 13.1 Å².